The van der Waals surface area contributed by atoms with Crippen molar-refractivity contribution in [3.8, 4) is 11.5 Å². The summed E-state index contributed by atoms with van der Waals surface area (Å²) < 4.78 is 34.6. The Balaban J connectivity index is 1.85. The van der Waals surface area contributed by atoms with Crippen molar-refractivity contribution in [2.45, 2.75) is 25.9 Å². The number of sulfone groups is 1. The van der Waals surface area contributed by atoms with Crippen LogP contribution >= 0.6 is 0 Å². The van der Waals surface area contributed by atoms with Gasteiger partial charge in [-0.25, -0.2) is 8.42 Å². The third-order valence-electron chi connectivity index (χ3n) is 4.83. The fraction of sp³-hybridized carbons (Fsp3) is 0.381. The zero-order chi connectivity index (χ0) is 20.1. The molecular weight excluding hydrogens is 378 g/mol. The van der Waals surface area contributed by atoms with Gasteiger partial charge in [0, 0.05) is 18.2 Å². The summed E-state index contributed by atoms with van der Waals surface area (Å²) in [4.78, 5) is 14.9. The molecule has 150 valence electrons. The maximum atomic E-state index is 13.2. The molecule has 1 saturated heterocycles. The van der Waals surface area contributed by atoms with Gasteiger partial charge in [-0.3, -0.25) is 4.79 Å². The van der Waals surface area contributed by atoms with Crippen LogP contribution in [0.1, 0.15) is 29.3 Å². The fourth-order valence-electron chi connectivity index (χ4n) is 3.34. The van der Waals surface area contributed by atoms with Crippen molar-refractivity contribution in [1.82, 2.24) is 4.90 Å². The van der Waals surface area contributed by atoms with E-state index < -0.39 is 9.84 Å². The van der Waals surface area contributed by atoms with Crippen molar-refractivity contribution in [2.24, 2.45) is 0 Å². The number of nitrogens with zero attached hydrogens (tertiary/aromatic N) is 1. The van der Waals surface area contributed by atoms with E-state index in [1.54, 1.807) is 36.3 Å². The first-order valence-electron chi connectivity index (χ1n) is 9.29. The Bertz CT molecular complexity index is 907. The van der Waals surface area contributed by atoms with E-state index in [-0.39, 0.29) is 23.5 Å². The van der Waals surface area contributed by atoms with Crippen LogP contribution in [0.15, 0.2) is 48.5 Å². The molecule has 3 rings (SSSR count). The van der Waals surface area contributed by atoms with Crippen molar-refractivity contribution in [2.75, 3.05) is 25.2 Å². The summed E-state index contributed by atoms with van der Waals surface area (Å²) in [5.41, 5.74) is 1.44. The van der Waals surface area contributed by atoms with Crippen molar-refractivity contribution < 1.29 is 22.7 Å². The number of benzene rings is 2. The molecular formula is C21H25NO5S. The maximum absolute atomic E-state index is 13.2. The number of methoxy groups -OCH3 is 1. The normalized spacial score (nSPS) is 17.9. The monoisotopic (exact) mass is 403 g/mol. The molecule has 2 aromatic carbocycles. The molecule has 6 nitrogen and oxygen atoms in total. The second kappa shape index (κ2) is 8.65. The lowest BCUT2D eigenvalue weighted by Crippen LogP contribution is -2.40. The molecule has 0 saturated carbocycles. The lowest BCUT2D eigenvalue weighted by atomic mass is 10.1. The second-order valence-electron chi connectivity index (χ2n) is 6.80. The summed E-state index contributed by atoms with van der Waals surface area (Å²) in [5, 5.41) is 0. The summed E-state index contributed by atoms with van der Waals surface area (Å²) in [5.74, 6) is 1.38. The molecule has 0 radical (unpaired) electrons. The predicted molar refractivity (Wildman–Crippen MR) is 108 cm³/mol. The first-order chi connectivity index (χ1) is 13.4. The Hall–Kier alpha value is -2.54. The van der Waals surface area contributed by atoms with Gasteiger partial charge in [0.25, 0.3) is 5.91 Å². The van der Waals surface area contributed by atoms with Gasteiger partial charge in [-0.2, -0.15) is 0 Å². The first kappa shape index (κ1) is 20.2. The van der Waals surface area contributed by atoms with Crippen LogP contribution < -0.4 is 9.47 Å². The zero-order valence-electron chi connectivity index (χ0n) is 16.1. The summed E-state index contributed by atoms with van der Waals surface area (Å²) in [6, 6.07) is 14.1. The van der Waals surface area contributed by atoms with Gasteiger partial charge in [0.2, 0.25) is 0 Å². The number of amides is 1. The molecule has 1 fully saturated rings. The molecule has 28 heavy (non-hydrogen) atoms. The third-order valence-corrected chi connectivity index (χ3v) is 6.58. The Morgan fingerprint density at radius 1 is 1.07 bits per heavy atom. The Morgan fingerprint density at radius 3 is 2.25 bits per heavy atom. The van der Waals surface area contributed by atoms with Crippen LogP contribution in [-0.2, 0) is 16.4 Å². The van der Waals surface area contributed by atoms with E-state index in [9.17, 15) is 13.2 Å². The highest BCUT2D eigenvalue weighted by molar-refractivity contribution is 7.91. The minimum Gasteiger partial charge on any atom is -0.497 e. The van der Waals surface area contributed by atoms with Crippen LogP contribution in [0.5, 0.6) is 11.5 Å². The summed E-state index contributed by atoms with van der Waals surface area (Å²) in [7, 11) is -1.51. The highest BCUT2D eigenvalue weighted by Crippen LogP contribution is 2.24. The summed E-state index contributed by atoms with van der Waals surface area (Å²) in [6.45, 7) is 2.79. The fourth-order valence-corrected chi connectivity index (χ4v) is 5.07. The standard InChI is InChI=1S/C21H25NO5S/c1-3-27-20-10-6-17(7-11-20)21(23)22(18-12-13-28(24,25)15-18)14-16-4-8-19(26-2)9-5-16/h4-11,18H,3,12-15H2,1-2H3. The molecule has 1 heterocycles. The topological polar surface area (TPSA) is 72.9 Å². The van der Waals surface area contributed by atoms with Crippen molar-refractivity contribution >= 4 is 15.7 Å². The molecule has 0 bridgehead atoms. The lowest BCUT2D eigenvalue weighted by molar-refractivity contribution is 0.0681. The van der Waals surface area contributed by atoms with E-state index >= 15 is 0 Å². The molecule has 0 aromatic heterocycles. The Labute approximate surface area is 166 Å². The van der Waals surface area contributed by atoms with Gasteiger partial charge in [-0.1, -0.05) is 12.1 Å². The lowest BCUT2D eigenvalue weighted by Gasteiger charge is -2.28. The summed E-state index contributed by atoms with van der Waals surface area (Å²) >= 11 is 0. The SMILES string of the molecule is CCOc1ccc(C(=O)N(Cc2ccc(OC)cc2)C2CCS(=O)(=O)C2)cc1. The zero-order valence-corrected chi connectivity index (χ0v) is 16.9. The number of hydrogen-bond acceptors (Lipinski definition) is 5. The smallest absolute Gasteiger partial charge is 0.254 e. The van der Waals surface area contributed by atoms with Gasteiger partial charge in [0.15, 0.2) is 9.84 Å². The number of carbonyl (C=O) groups excluding carboxylic acids is 1. The van der Waals surface area contributed by atoms with Crippen LogP contribution in [0.25, 0.3) is 0 Å². The predicted octanol–water partition coefficient (Wildman–Crippen LogP) is 2.92. The van der Waals surface area contributed by atoms with Crippen molar-refractivity contribution in [3.63, 3.8) is 0 Å². The molecule has 2 aromatic rings. The average molecular weight is 404 g/mol. The molecule has 0 aliphatic carbocycles. The molecule has 1 aliphatic rings. The van der Waals surface area contributed by atoms with E-state index in [0.717, 1.165) is 11.3 Å². The van der Waals surface area contributed by atoms with Gasteiger partial charge >= 0.3 is 0 Å². The third kappa shape index (κ3) is 4.84. The quantitative estimate of drug-likeness (QED) is 0.711. The largest absolute Gasteiger partial charge is 0.497 e. The molecule has 1 atom stereocenters. The van der Waals surface area contributed by atoms with Crippen LogP contribution in [0, 0.1) is 0 Å². The van der Waals surface area contributed by atoms with Gasteiger partial charge in [0.05, 0.1) is 25.2 Å². The first-order valence-corrected chi connectivity index (χ1v) is 11.1. The minimum absolute atomic E-state index is 0.00588. The van der Waals surface area contributed by atoms with Gasteiger partial charge in [0.1, 0.15) is 11.5 Å². The second-order valence-corrected chi connectivity index (χ2v) is 9.02. The molecule has 1 unspecified atom stereocenters. The Morgan fingerprint density at radius 2 is 1.71 bits per heavy atom. The maximum Gasteiger partial charge on any atom is 0.254 e. The van der Waals surface area contributed by atoms with E-state index in [0.29, 0.717) is 30.9 Å². The van der Waals surface area contributed by atoms with Gasteiger partial charge in [-0.15, -0.1) is 0 Å². The van der Waals surface area contributed by atoms with Crippen LogP contribution in [0.3, 0.4) is 0 Å². The van der Waals surface area contributed by atoms with E-state index in [1.807, 2.05) is 31.2 Å². The van der Waals surface area contributed by atoms with Gasteiger partial charge in [-0.05, 0) is 55.3 Å². The minimum atomic E-state index is -3.11. The average Bonchev–Trinajstić information content (AvgIpc) is 3.06. The molecule has 0 N–H and O–H groups in total. The number of ether oxygens (including phenoxy) is 2. The molecule has 1 aliphatic heterocycles. The number of rotatable bonds is 7. The van der Waals surface area contributed by atoms with E-state index in [1.165, 1.54) is 0 Å². The Kier molecular flexibility index (Phi) is 6.24. The highest BCUT2D eigenvalue weighted by Gasteiger charge is 2.35. The van der Waals surface area contributed by atoms with Crippen LogP contribution in [0.2, 0.25) is 0 Å². The molecule has 1 amide bonds. The summed E-state index contributed by atoms with van der Waals surface area (Å²) in [6.07, 6.45) is 0.460. The van der Waals surface area contributed by atoms with Crippen LogP contribution in [0.4, 0.5) is 0 Å². The highest BCUT2D eigenvalue weighted by atomic mass is 32.2. The van der Waals surface area contributed by atoms with Gasteiger partial charge < -0.3 is 14.4 Å². The number of carbonyl (C=O) groups is 1. The van der Waals surface area contributed by atoms with Crippen LogP contribution in [-0.4, -0.2) is 50.5 Å². The molecule has 7 heteroatoms. The van der Waals surface area contributed by atoms with E-state index in [4.69, 9.17) is 9.47 Å². The number of hydrogen-bond donors (Lipinski definition) is 0. The van der Waals surface area contributed by atoms with Crippen molar-refractivity contribution in [3.05, 3.63) is 59.7 Å². The van der Waals surface area contributed by atoms with E-state index in [2.05, 4.69) is 0 Å². The van der Waals surface area contributed by atoms with Crippen molar-refractivity contribution in [1.29, 1.82) is 0 Å². The molecule has 0 spiro atoms.